The fraction of sp³-hybridized carbons (Fsp3) is 0.269. The number of pyridine rings is 1. The third-order valence-electron chi connectivity index (χ3n) is 6.23. The average molecular weight is 474 g/mol. The van der Waals surface area contributed by atoms with E-state index in [4.69, 9.17) is 0 Å². The van der Waals surface area contributed by atoms with Gasteiger partial charge in [0.05, 0.1) is 0 Å². The molecule has 1 unspecified atom stereocenters. The Kier molecular flexibility index (Phi) is 7.05. The van der Waals surface area contributed by atoms with Crippen molar-refractivity contribution in [3.05, 3.63) is 71.0 Å². The number of imide groups is 1. The number of rotatable bonds is 5. The van der Waals surface area contributed by atoms with Crippen LogP contribution in [0.3, 0.4) is 0 Å². The summed E-state index contributed by atoms with van der Waals surface area (Å²) in [5.41, 5.74) is 4.52. The molecule has 2 aromatic carbocycles. The van der Waals surface area contributed by atoms with E-state index >= 15 is 0 Å². The van der Waals surface area contributed by atoms with Gasteiger partial charge in [-0.15, -0.1) is 0 Å². The fourth-order valence-corrected chi connectivity index (χ4v) is 4.38. The van der Waals surface area contributed by atoms with Crippen molar-refractivity contribution in [1.82, 2.24) is 20.5 Å². The van der Waals surface area contributed by atoms with E-state index in [1.165, 1.54) is 15.7 Å². The van der Waals surface area contributed by atoms with Crippen LogP contribution in [-0.4, -0.2) is 47.1 Å². The van der Waals surface area contributed by atoms with Crippen molar-refractivity contribution >= 4 is 40.6 Å². The summed E-state index contributed by atoms with van der Waals surface area (Å²) < 4.78 is 0. The molecular formula is C26H27N5O4. The summed E-state index contributed by atoms with van der Waals surface area (Å²) in [4.78, 5) is 51.7. The van der Waals surface area contributed by atoms with Gasteiger partial charge in [0.2, 0.25) is 18.2 Å². The zero-order valence-electron chi connectivity index (χ0n) is 19.6. The van der Waals surface area contributed by atoms with E-state index in [1.54, 1.807) is 12.1 Å². The predicted octanol–water partition coefficient (Wildman–Crippen LogP) is 2.28. The summed E-state index contributed by atoms with van der Waals surface area (Å²) in [6.07, 6.45) is 3.06. The molecule has 1 saturated heterocycles. The minimum absolute atomic E-state index is 0.195. The zero-order chi connectivity index (χ0) is 24.9. The summed E-state index contributed by atoms with van der Waals surface area (Å²) >= 11 is 0. The molecule has 2 aliphatic rings. The van der Waals surface area contributed by atoms with Gasteiger partial charge in [-0.2, -0.15) is 0 Å². The number of hydrogen-bond acceptors (Lipinski definition) is 6. The van der Waals surface area contributed by atoms with Gasteiger partial charge in [0.15, 0.2) is 0 Å². The average Bonchev–Trinajstić information content (AvgIpc) is 3.18. The van der Waals surface area contributed by atoms with Crippen LogP contribution in [0.1, 0.15) is 40.0 Å². The van der Waals surface area contributed by atoms with E-state index in [0.717, 1.165) is 22.5 Å². The molecule has 0 spiro atoms. The maximum absolute atomic E-state index is 12.4. The lowest BCUT2D eigenvalue weighted by atomic mass is 10.0. The van der Waals surface area contributed by atoms with E-state index in [9.17, 15) is 19.2 Å². The number of anilines is 1. The van der Waals surface area contributed by atoms with Crippen molar-refractivity contribution in [2.75, 3.05) is 12.4 Å². The van der Waals surface area contributed by atoms with Crippen LogP contribution in [0.5, 0.6) is 0 Å². The first-order valence-electron chi connectivity index (χ1n) is 11.4. The standard InChI is InChI=1S/C15H15N3O4.C11H12N2/c19-8-16-6-9-1-2-11-10(5-9)7-18(15(11)22)12-3-4-13(20)17-14(12)21;1-8-11-4-3-10(12-2)7-9(11)5-6-13-8/h1-2,5,8,12H,3-4,6-7H2,(H,16,19)(H,17,20,21);3-7,12H,1-2H3. The number of aryl methyl sites for hydroxylation is 1. The van der Waals surface area contributed by atoms with Gasteiger partial charge in [-0.3, -0.25) is 29.5 Å². The molecule has 0 bridgehead atoms. The smallest absolute Gasteiger partial charge is 0.255 e. The summed E-state index contributed by atoms with van der Waals surface area (Å²) in [6.45, 7) is 2.76. The molecule has 0 aliphatic carbocycles. The van der Waals surface area contributed by atoms with Crippen molar-refractivity contribution < 1.29 is 19.2 Å². The lowest BCUT2D eigenvalue weighted by molar-refractivity contribution is -0.136. The molecule has 0 saturated carbocycles. The van der Waals surface area contributed by atoms with E-state index < -0.39 is 11.9 Å². The van der Waals surface area contributed by atoms with Crippen molar-refractivity contribution in [3.8, 4) is 0 Å². The molecule has 3 aromatic rings. The third-order valence-corrected chi connectivity index (χ3v) is 6.23. The monoisotopic (exact) mass is 473 g/mol. The molecule has 1 fully saturated rings. The molecule has 35 heavy (non-hydrogen) atoms. The Morgan fingerprint density at radius 2 is 1.97 bits per heavy atom. The Labute approximate surface area is 202 Å². The molecule has 180 valence electrons. The molecule has 2 aliphatic heterocycles. The number of nitrogens with one attached hydrogen (secondary N) is 3. The topological polar surface area (TPSA) is 120 Å². The molecule has 3 N–H and O–H groups in total. The highest BCUT2D eigenvalue weighted by molar-refractivity contribution is 6.05. The number of nitrogens with zero attached hydrogens (tertiary/aromatic N) is 2. The molecule has 1 aromatic heterocycles. The molecule has 5 rings (SSSR count). The molecular weight excluding hydrogens is 446 g/mol. The lowest BCUT2D eigenvalue weighted by Crippen LogP contribution is -2.52. The van der Waals surface area contributed by atoms with Crippen LogP contribution in [0.2, 0.25) is 0 Å². The normalized spacial score (nSPS) is 16.8. The number of carbonyl (C=O) groups excluding carboxylic acids is 4. The third kappa shape index (κ3) is 5.13. The second-order valence-corrected chi connectivity index (χ2v) is 8.47. The number of carbonyl (C=O) groups is 4. The molecule has 3 heterocycles. The van der Waals surface area contributed by atoms with Crippen molar-refractivity contribution in [3.63, 3.8) is 0 Å². The molecule has 1 atom stereocenters. The Hall–Kier alpha value is -4.27. The van der Waals surface area contributed by atoms with Crippen LogP contribution in [0.25, 0.3) is 10.8 Å². The van der Waals surface area contributed by atoms with Gasteiger partial charge >= 0.3 is 0 Å². The van der Waals surface area contributed by atoms with Crippen LogP contribution >= 0.6 is 0 Å². The highest BCUT2D eigenvalue weighted by atomic mass is 16.2. The van der Waals surface area contributed by atoms with Gasteiger partial charge < -0.3 is 15.5 Å². The number of fused-ring (bicyclic) bond motifs is 2. The first-order valence-corrected chi connectivity index (χ1v) is 11.4. The maximum Gasteiger partial charge on any atom is 0.255 e. The van der Waals surface area contributed by atoms with E-state index in [1.807, 2.05) is 32.3 Å². The van der Waals surface area contributed by atoms with E-state index in [2.05, 4.69) is 39.1 Å². The van der Waals surface area contributed by atoms with Crippen LogP contribution in [0, 0.1) is 6.92 Å². The van der Waals surface area contributed by atoms with Gasteiger partial charge in [0.25, 0.3) is 5.91 Å². The van der Waals surface area contributed by atoms with Crippen molar-refractivity contribution in [2.24, 2.45) is 0 Å². The predicted molar refractivity (Wildman–Crippen MR) is 131 cm³/mol. The summed E-state index contributed by atoms with van der Waals surface area (Å²) in [5.74, 6) is -0.910. The number of benzene rings is 2. The highest BCUT2D eigenvalue weighted by Gasteiger charge is 2.38. The zero-order valence-corrected chi connectivity index (χ0v) is 19.6. The largest absolute Gasteiger partial charge is 0.388 e. The quantitative estimate of drug-likeness (QED) is 0.386. The van der Waals surface area contributed by atoms with Crippen LogP contribution in [-0.2, 0) is 27.5 Å². The highest BCUT2D eigenvalue weighted by Crippen LogP contribution is 2.28. The minimum Gasteiger partial charge on any atom is -0.388 e. The second-order valence-electron chi connectivity index (χ2n) is 8.47. The van der Waals surface area contributed by atoms with Crippen LogP contribution < -0.4 is 16.0 Å². The second kappa shape index (κ2) is 10.3. The summed E-state index contributed by atoms with van der Waals surface area (Å²) in [6, 6.07) is 13.1. The molecule has 9 nitrogen and oxygen atoms in total. The molecule has 4 amide bonds. The van der Waals surface area contributed by atoms with Gasteiger partial charge in [0.1, 0.15) is 6.04 Å². The van der Waals surface area contributed by atoms with E-state index in [-0.39, 0.29) is 18.2 Å². The first kappa shape index (κ1) is 23.9. The number of aromatic nitrogens is 1. The van der Waals surface area contributed by atoms with Gasteiger partial charge in [0, 0.05) is 55.1 Å². The van der Waals surface area contributed by atoms with Crippen molar-refractivity contribution in [1.29, 1.82) is 0 Å². The Morgan fingerprint density at radius 1 is 1.14 bits per heavy atom. The number of piperidine rings is 1. The van der Waals surface area contributed by atoms with Gasteiger partial charge in [-0.25, -0.2) is 0 Å². The Morgan fingerprint density at radius 3 is 2.71 bits per heavy atom. The summed E-state index contributed by atoms with van der Waals surface area (Å²) in [7, 11) is 1.93. The lowest BCUT2D eigenvalue weighted by Gasteiger charge is -2.29. The molecule has 9 heteroatoms. The van der Waals surface area contributed by atoms with Crippen molar-refractivity contribution in [2.45, 2.75) is 38.9 Å². The number of hydrogen-bond donors (Lipinski definition) is 3. The Balaban J connectivity index is 0.000000189. The first-order chi connectivity index (χ1) is 16.9. The van der Waals surface area contributed by atoms with Crippen LogP contribution in [0.4, 0.5) is 5.69 Å². The minimum atomic E-state index is -0.603. The summed E-state index contributed by atoms with van der Waals surface area (Å²) in [5, 5.41) is 10.4. The Bertz CT molecular complexity index is 1310. The van der Waals surface area contributed by atoms with Crippen LogP contribution in [0.15, 0.2) is 48.7 Å². The van der Waals surface area contributed by atoms with Gasteiger partial charge in [-0.1, -0.05) is 18.2 Å². The number of amides is 4. The SMILES string of the molecule is CNc1ccc2c(C)nccc2c1.O=CNCc1ccc2c(c1)CN(C1CCC(=O)NC1=O)C2=O. The maximum atomic E-state index is 12.4. The van der Waals surface area contributed by atoms with Gasteiger partial charge in [-0.05, 0) is 54.1 Å². The van der Waals surface area contributed by atoms with E-state index in [0.29, 0.717) is 31.5 Å². The molecule has 0 radical (unpaired) electrons. The fourth-order valence-electron chi connectivity index (χ4n) is 4.38.